The van der Waals surface area contributed by atoms with Crippen molar-refractivity contribution < 1.29 is 17.9 Å². The minimum absolute atomic E-state index is 0.00680. The van der Waals surface area contributed by atoms with E-state index in [0.717, 1.165) is 31.7 Å². The van der Waals surface area contributed by atoms with Gasteiger partial charge in [-0.1, -0.05) is 0 Å². The zero-order valence-corrected chi connectivity index (χ0v) is 15.7. The first-order chi connectivity index (χ1) is 12.9. The summed E-state index contributed by atoms with van der Waals surface area (Å²) in [5, 5.41) is 0. The number of amides is 1. The molecule has 1 aliphatic heterocycles. The van der Waals surface area contributed by atoms with Gasteiger partial charge < -0.3 is 15.4 Å². The largest absolute Gasteiger partial charge is 0.496 e. The Labute approximate surface area is 157 Å². The van der Waals surface area contributed by atoms with Gasteiger partial charge in [0.1, 0.15) is 17.4 Å². The Hall–Kier alpha value is -2.72. The number of anilines is 1. The van der Waals surface area contributed by atoms with Crippen molar-refractivity contribution in [1.29, 1.82) is 0 Å². The monoisotopic (exact) mass is 391 g/mol. The van der Waals surface area contributed by atoms with Crippen LogP contribution >= 0.6 is 0 Å². The van der Waals surface area contributed by atoms with Gasteiger partial charge in [-0.3, -0.25) is 4.79 Å². The first-order valence-corrected chi connectivity index (χ1v) is 9.93. The Balaban J connectivity index is 1.76. The molecule has 0 unspecified atom stereocenters. The number of carbonyl (C=O) groups excluding carboxylic acids is 1. The Morgan fingerprint density at radius 3 is 2.70 bits per heavy atom. The first-order valence-electron chi connectivity index (χ1n) is 8.45. The molecule has 1 fully saturated rings. The van der Waals surface area contributed by atoms with Gasteiger partial charge in [-0.05, 0) is 37.1 Å². The standard InChI is InChI=1S/C17H21N5O4S/c1-26-14-5-4-12(10-13(14)17(18)23)27(24,25)20-11-15-19-7-6-16(21-15)22-8-2-3-9-22/h4-7,10,20H,2-3,8-9,11H2,1H3,(H2,18,23). The highest BCUT2D eigenvalue weighted by Gasteiger charge is 2.19. The molecular formula is C17H21N5O4S. The molecule has 1 aliphatic rings. The molecule has 2 aromatic rings. The average molecular weight is 391 g/mol. The van der Waals surface area contributed by atoms with Crippen LogP contribution in [-0.2, 0) is 16.6 Å². The average Bonchev–Trinajstić information content (AvgIpc) is 3.21. The highest BCUT2D eigenvalue weighted by molar-refractivity contribution is 7.89. The zero-order valence-electron chi connectivity index (χ0n) is 14.9. The smallest absolute Gasteiger partial charge is 0.252 e. The number of sulfonamides is 1. The number of nitrogens with zero attached hydrogens (tertiary/aromatic N) is 3. The Kier molecular flexibility index (Phi) is 5.57. The summed E-state index contributed by atoms with van der Waals surface area (Å²) in [5.41, 5.74) is 5.28. The molecule has 0 atom stereocenters. The summed E-state index contributed by atoms with van der Waals surface area (Å²) in [6.45, 7) is 1.80. The minimum Gasteiger partial charge on any atom is -0.496 e. The van der Waals surface area contributed by atoms with Gasteiger partial charge in [0.05, 0.1) is 24.1 Å². The molecule has 1 aromatic heterocycles. The molecule has 27 heavy (non-hydrogen) atoms. The lowest BCUT2D eigenvalue weighted by atomic mass is 10.2. The number of primary amides is 1. The van der Waals surface area contributed by atoms with Gasteiger partial charge in [0.25, 0.3) is 5.91 Å². The number of ether oxygens (including phenoxy) is 1. The summed E-state index contributed by atoms with van der Waals surface area (Å²) < 4.78 is 32.6. The van der Waals surface area contributed by atoms with Gasteiger partial charge in [0.15, 0.2) is 0 Å². The molecule has 2 heterocycles. The van der Waals surface area contributed by atoms with E-state index in [1.807, 2.05) is 6.07 Å². The fourth-order valence-electron chi connectivity index (χ4n) is 2.89. The van der Waals surface area contributed by atoms with E-state index in [4.69, 9.17) is 10.5 Å². The summed E-state index contributed by atoms with van der Waals surface area (Å²) in [6, 6.07) is 5.73. The number of carbonyl (C=O) groups is 1. The minimum atomic E-state index is -3.88. The molecule has 9 nitrogen and oxygen atoms in total. The lowest BCUT2D eigenvalue weighted by Gasteiger charge is -2.16. The number of benzene rings is 1. The topological polar surface area (TPSA) is 128 Å². The van der Waals surface area contributed by atoms with Gasteiger partial charge in [-0.15, -0.1) is 0 Å². The molecule has 0 spiro atoms. The van der Waals surface area contributed by atoms with Crippen molar-refractivity contribution >= 4 is 21.7 Å². The molecule has 3 rings (SSSR count). The second-order valence-electron chi connectivity index (χ2n) is 6.08. The van der Waals surface area contributed by atoms with E-state index in [1.165, 1.54) is 25.3 Å². The molecule has 0 radical (unpaired) electrons. The van der Waals surface area contributed by atoms with Crippen molar-refractivity contribution in [2.45, 2.75) is 24.3 Å². The molecule has 0 saturated carbocycles. The number of hydrogen-bond acceptors (Lipinski definition) is 7. The summed E-state index contributed by atoms with van der Waals surface area (Å²) in [4.78, 5) is 22.1. The van der Waals surface area contributed by atoms with Crippen LogP contribution < -0.4 is 20.1 Å². The van der Waals surface area contributed by atoms with Crippen LogP contribution in [0, 0.1) is 0 Å². The number of aromatic nitrogens is 2. The predicted octanol–water partition coefficient (Wildman–Crippen LogP) is 0.663. The summed E-state index contributed by atoms with van der Waals surface area (Å²) >= 11 is 0. The van der Waals surface area contributed by atoms with E-state index in [1.54, 1.807) is 6.20 Å². The van der Waals surface area contributed by atoms with Gasteiger partial charge in [-0.2, -0.15) is 0 Å². The zero-order chi connectivity index (χ0) is 19.4. The van der Waals surface area contributed by atoms with E-state index in [2.05, 4.69) is 19.6 Å². The number of hydrogen-bond donors (Lipinski definition) is 2. The summed E-state index contributed by atoms with van der Waals surface area (Å²) in [7, 11) is -2.50. The van der Waals surface area contributed by atoms with Crippen molar-refractivity contribution in [2.24, 2.45) is 5.73 Å². The normalized spacial score (nSPS) is 14.3. The number of nitrogens with one attached hydrogen (secondary N) is 1. The molecule has 0 aliphatic carbocycles. The van der Waals surface area contributed by atoms with Gasteiger partial charge in [-0.25, -0.2) is 23.1 Å². The van der Waals surface area contributed by atoms with Crippen LogP contribution in [-0.4, -0.2) is 44.5 Å². The third-order valence-electron chi connectivity index (χ3n) is 4.29. The van der Waals surface area contributed by atoms with Gasteiger partial charge >= 0.3 is 0 Å². The molecule has 1 saturated heterocycles. The van der Waals surface area contributed by atoms with Crippen LogP contribution in [0.15, 0.2) is 35.4 Å². The van der Waals surface area contributed by atoms with Crippen LogP contribution in [0.3, 0.4) is 0 Å². The lowest BCUT2D eigenvalue weighted by molar-refractivity contribution is 0.0997. The van der Waals surface area contributed by atoms with Gasteiger partial charge in [0, 0.05) is 19.3 Å². The fraction of sp³-hybridized carbons (Fsp3) is 0.353. The highest BCUT2D eigenvalue weighted by Crippen LogP contribution is 2.22. The van der Waals surface area contributed by atoms with Crippen LogP contribution in [0.5, 0.6) is 5.75 Å². The third kappa shape index (κ3) is 4.34. The van der Waals surface area contributed by atoms with E-state index >= 15 is 0 Å². The maximum atomic E-state index is 12.6. The second kappa shape index (κ2) is 7.89. The van der Waals surface area contributed by atoms with Crippen molar-refractivity contribution in [3.63, 3.8) is 0 Å². The third-order valence-corrected chi connectivity index (χ3v) is 5.69. The van der Waals surface area contributed by atoms with Crippen LogP contribution in [0.2, 0.25) is 0 Å². The Morgan fingerprint density at radius 2 is 2.04 bits per heavy atom. The number of nitrogens with two attached hydrogens (primary N) is 1. The van der Waals surface area contributed by atoms with Crippen LogP contribution in [0.25, 0.3) is 0 Å². The quantitative estimate of drug-likeness (QED) is 0.710. The Morgan fingerprint density at radius 1 is 1.30 bits per heavy atom. The predicted molar refractivity (Wildman–Crippen MR) is 99.0 cm³/mol. The van der Waals surface area contributed by atoms with Crippen LogP contribution in [0.4, 0.5) is 5.82 Å². The molecule has 144 valence electrons. The molecule has 3 N–H and O–H groups in total. The molecule has 0 bridgehead atoms. The van der Waals surface area contributed by atoms with Crippen molar-refractivity contribution in [3.05, 3.63) is 41.9 Å². The highest BCUT2D eigenvalue weighted by atomic mass is 32.2. The van der Waals surface area contributed by atoms with E-state index in [9.17, 15) is 13.2 Å². The van der Waals surface area contributed by atoms with E-state index in [-0.39, 0.29) is 22.8 Å². The lowest BCUT2D eigenvalue weighted by Crippen LogP contribution is -2.26. The SMILES string of the molecule is COc1ccc(S(=O)(=O)NCc2nccc(N3CCCC3)n2)cc1C(N)=O. The number of rotatable bonds is 7. The summed E-state index contributed by atoms with van der Waals surface area (Å²) in [5.74, 6) is 0.595. The van der Waals surface area contributed by atoms with E-state index in [0.29, 0.717) is 5.82 Å². The van der Waals surface area contributed by atoms with Crippen molar-refractivity contribution in [3.8, 4) is 5.75 Å². The first kappa shape index (κ1) is 19.1. The van der Waals surface area contributed by atoms with E-state index < -0.39 is 15.9 Å². The molecule has 10 heteroatoms. The second-order valence-corrected chi connectivity index (χ2v) is 7.84. The van der Waals surface area contributed by atoms with Crippen LogP contribution in [0.1, 0.15) is 29.0 Å². The maximum Gasteiger partial charge on any atom is 0.252 e. The molecule has 1 amide bonds. The molecule has 1 aromatic carbocycles. The van der Waals surface area contributed by atoms with Crippen molar-refractivity contribution in [2.75, 3.05) is 25.1 Å². The Bertz CT molecular complexity index is 942. The van der Waals surface area contributed by atoms with Crippen molar-refractivity contribution in [1.82, 2.24) is 14.7 Å². The fourth-order valence-corrected chi connectivity index (χ4v) is 3.89. The number of methoxy groups -OCH3 is 1. The molecular weight excluding hydrogens is 370 g/mol. The summed E-state index contributed by atoms with van der Waals surface area (Å²) in [6.07, 6.45) is 3.85. The van der Waals surface area contributed by atoms with Gasteiger partial charge in [0.2, 0.25) is 10.0 Å². The maximum absolute atomic E-state index is 12.6.